The lowest BCUT2D eigenvalue weighted by atomic mass is 9.47. The first kappa shape index (κ1) is 16.3. The molecule has 0 aromatic rings. The lowest BCUT2D eigenvalue weighted by Gasteiger charge is -2.57. The Morgan fingerprint density at radius 3 is 2.59 bits per heavy atom. The highest BCUT2D eigenvalue weighted by atomic mass is 16.6. The zero-order valence-corrected chi connectivity index (χ0v) is 16.3. The van der Waals surface area contributed by atoms with Crippen LogP contribution in [0.5, 0.6) is 0 Å². The summed E-state index contributed by atoms with van der Waals surface area (Å²) in [6.07, 6.45) is 18.1. The number of carbonyl (C=O) groups is 2. The van der Waals surface area contributed by atoms with Crippen LogP contribution in [0, 0.1) is 34.0 Å². The standard InChI is InChI=1S/C24H28O3/c1-21-7-3-15(25)13-19(21)23(11-12-23)14-16-17(21)4-8-22(2)18(16)5-9-24(22)10-6-20(26)27-24/h3-4,7-8,13,16-18H,5-6,9-12,14H2,1-2H3/t16?,17?,18?,21-,22+,24-/m1/s1. The molecule has 0 bridgehead atoms. The zero-order valence-electron chi connectivity index (χ0n) is 16.3. The molecule has 0 N–H and O–H groups in total. The van der Waals surface area contributed by atoms with Crippen LogP contribution in [0.25, 0.3) is 0 Å². The smallest absolute Gasteiger partial charge is 0.306 e. The number of esters is 1. The molecule has 3 saturated carbocycles. The first-order valence-corrected chi connectivity index (χ1v) is 10.7. The number of rotatable bonds is 0. The highest BCUT2D eigenvalue weighted by Crippen LogP contribution is 2.74. The van der Waals surface area contributed by atoms with Gasteiger partial charge in [0.15, 0.2) is 5.78 Å². The second kappa shape index (κ2) is 4.67. The average molecular weight is 364 g/mol. The molecule has 3 nitrogen and oxygen atoms in total. The van der Waals surface area contributed by atoms with Gasteiger partial charge in [-0.3, -0.25) is 9.59 Å². The lowest BCUT2D eigenvalue weighted by Crippen LogP contribution is -2.53. The molecule has 0 aromatic heterocycles. The van der Waals surface area contributed by atoms with Crippen LogP contribution >= 0.6 is 0 Å². The maximum Gasteiger partial charge on any atom is 0.306 e. The summed E-state index contributed by atoms with van der Waals surface area (Å²) in [7, 11) is 0. The Hall–Kier alpha value is -1.64. The van der Waals surface area contributed by atoms with E-state index in [0.29, 0.717) is 24.2 Å². The lowest BCUT2D eigenvalue weighted by molar-refractivity contribution is -0.157. The van der Waals surface area contributed by atoms with Crippen LogP contribution in [-0.2, 0) is 14.3 Å². The highest BCUT2D eigenvalue weighted by molar-refractivity contribution is 6.01. The summed E-state index contributed by atoms with van der Waals surface area (Å²) in [5, 5.41) is 0. The number of hydrogen-bond donors (Lipinski definition) is 0. The van der Waals surface area contributed by atoms with Gasteiger partial charge >= 0.3 is 5.97 Å². The third-order valence-electron chi connectivity index (χ3n) is 9.49. The topological polar surface area (TPSA) is 43.4 Å². The fourth-order valence-electron chi connectivity index (χ4n) is 7.91. The Labute approximate surface area is 160 Å². The fraction of sp³-hybridized carbons (Fsp3) is 0.667. The first-order chi connectivity index (χ1) is 12.8. The van der Waals surface area contributed by atoms with E-state index in [1.54, 1.807) is 6.08 Å². The molecule has 0 radical (unpaired) electrons. The van der Waals surface area contributed by atoms with Crippen LogP contribution in [0.15, 0.2) is 36.0 Å². The minimum atomic E-state index is -0.275. The van der Waals surface area contributed by atoms with Gasteiger partial charge in [0.05, 0.1) is 0 Å². The van der Waals surface area contributed by atoms with Gasteiger partial charge in [0.2, 0.25) is 0 Å². The SMILES string of the molecule is C[C@]12C=CC(=O)C=C1C1(CC1)CC1C2C=C[C@@]2(C)C1CC[C@@]21CCC(=O)O1. The summed E-state index contributed by atoms with van der Waals surface area (Å²) in [6, 6.07) is 0. The van der Waals surface area contributed by atoms with Gasteiger partial charge in [-0.05, 0) is 79.4 Å². The van der Waals surface area contributed by atoms with Crippen molar-refractivity contribution in [3.05, 3.63) is 36.0 Å². The number of fused-ring (bicyclic) bond motifs is 7. The first-order valence-electron chi connectivity index (χ1n) is 10.7. The zero-order chi connectivity index (χ0) is 18.7. The van der Waals surface area contributed by atoms with Gasteiger partial charge < -0.3 is 4.74 Å². The van der Waals surface area contributed by atoms with Crippen LogP contribution in [-0.4, -0.2) is 17.4 Å². The van der Waals surface area contributed by atoms with E-state index in [4.69, 9.17) is 4.74 Å². The van der Waals surface area contributed by atoms with Gasteiger partial charge in [0, 0.05) is 17.3 Å². The molecule has 142 valence electrons. The number of carbonyl (C=O) groups excluding carboxylic acids is 2. The summed E-state index contributed by atoms with van der Waals surface area (Å²) in [5.41, 5.74) is 1.31. The molecular formula is C24H28O3. The van der Waals surface area contributed by atoms with Crippen LogP contribution in [0.3, 0.4) is 0 Å². The fourth-order valence-corrected chi connectivity index (χ4v) is 7.91. The molecule has 27 heavy (non-hydrogen) atoms. The van der Waals surface area contributed by atoms with Crippen LogP contribution in [0.2, 0.25) is 0 Å². The van der Waals surface area contributed by atoms with Gasteiger partial charge in [-0.1, -0.05) is 32.1 Å². The van der Waals surface area contributed by atoms with Crippen molar-refractivity contribution in [2.24, 2.45) is 34.0 Å². The monoisotopic (exact) mass is 364 g/mol. The van der Waals surface area contributed by atoms with Crippen LogP contribution in [0.4, 0.5) is 0 Å². The van der Waals surface area contributed by atoms with Gasteiger partial charge in [-0.15, -0.1) is 0 Å². The molecule has 6 atom stereocenters. The molecule has 6 rings (SSSR count). The van der Waals surface area contributed by atoms with E-state index in [9.17, 15) is 9.59 Å². The molecule has 3 heteroatoms. The van der Waals surface area contributed by atoms with Crippen molar-refractivity contribution in [1.82, 2.24) is 0 Å². The van der Waals surface area contributed by atoms with Gasteiger partial charge in [0.1, 0.15) is 5.60 Å². The Kier molecular flexibility index (Phi) is 2.82. The van der Waals surface area contributed by atoms with E-state index in [1.165, 1.54) is 24.8 Å². The second-order valence-corrected chi connectivity index (χ2v) is 10.5. The van der Waals surface area contributed by atoms with Crippen molar-refractivity contribution in [3.63, 3.8) is 0 Å². The van der Waals surface area contributed by atoms with Crippen LogP contribution < -0.4 is 0 Å². The third-order valence-corrected chi connectivity index (χ3v) is 9.49. The minimum Gasteiger partial charge on any atom is -0.458 e. The third kappa shape index (κ3) is 1.80. The van der Waals surface area contributed by atoms with Crippen molar-refractivity contribution < 1.29 is 14.3 Å². The van der Waals surface area contributed by atoms with E-state index in [-0.39, 0.29) is 33.6 Å². The normalized spacial score (nSPS) is 51.0. The molecule has 0 amide bonds. The minimum absolute atomic E-state index is 0.0133. The predicted octanol–water partition coefficient (Wildman–Crippen LogP) is 4.54. The molecule has 1 saturated heterocycles. The summed E-state index contributed by atoms with van der Waals surface area (Å²) in [4.78, 5) is 24.1. The van der Waals surface area contributed by atoms with Crippen molar-refractivity contribution in [1.29, 1.82) is 0 Å². The number of ether oxygens (including phenoxy) is 1. The maximum atomic E-state index is 12.1. The Balaban J connectivity index is 1.47. The second-order valence-electron chi connectivity index (χ2n) is 10.5. The summed E-state index contributed by atoms with van der Waals surface area (Å²) in [5.74, 6) is 1.78. The quantitative estimate of drug-likeness (QED) is 0.468. The Morgan fingerprint density at radius 2 is 1.89 bits per heavy atom. The van der Waals surface area contributed by atoms with Crippen molar-refractivity contribution in [2.45, 2.75) is 64.4 Å². The van der Waals surface area contributed by atoms with E-state index in [0.717, 1.165) is 19.3 Å². The molecular weight excluding hydrogens is 336 g/mol. The molecule has 3 unspecified atom stereocenters. The molecule has 6 aliphatic rings. The Morgan fingerprint density at radius 1 is 1.07 bits per heavy atom. The highest BCUT2D eigenvalue weighted by Gasteiger charge is 2.68. The van der Waals surface area contributed by atoms with Crippen molar-refractivity contribution >= 4 is 11.8 Å². The summed E-state index contributed by atoms with van der Waals surface area (Å²) >= 11 is 0. The molecule has 1 aliphatic heterocycles. The largest absolute Gasteiger partial charge is 0.458 e. The van der Waals surface area contributed by atoms with Gasteiger partial charge in [-0.25, -0.2) is 0 Å². The van der Waals surface area contributed by atoms with E-state index in [2.05, 4.69) is 32.1 Å². The Bertz CT molecular complexity index is 859. The molecule has 0 aromatic carbocycles. The maximum absolute atomic E-state index is 12.1. The van der Waals surface area contributed by atoms with E-state index >= 15 is 0 Å². The van der Waals surface area contributed by atoms with E-state index < -0.39 is 0 Å². The predicted molar refractivity (Wildman–Crippen MR) is 102 cm³/mol. The van der Waals surface area contributed by atoms with Crippen molar-refractivity contribution in [3.8, 4) is 0 Å². The van der Waals surface area contributed by atoms with Crippen molar-refractivity contribution in [2.75, 3.05) is 0 Å². The average Bonchev–Trinajstić information content (AvgIpc) is 3.19. The number of ketones is 1. The summed E-state index contributed by atoms with van der Waals surface area (Å²) in [6.45, 7) is 4.70. The molecule has 2 spiro atoms. The van der Waals surface area contributed by atoms with Gasteiger partial charge in [-0.2, -0.15) is 0 Å². The van der Waals surface area contributed by atoms with Crippen LogP contribution in [0.1, 0.15) is 58.8 Å². The molecule has 5 aliphatic carbocycles. The molecule has 4 fully saturated rings. The van der Waals surface area contributed by atoms with Gasteiger partial charge in [0.25, 0.3) is 0 Å². The van der Waals surface area contributed by atoms with E-state index in [1.807, 2.05) is 6.08 Å². The summed E-state index contributed by atoms with van der Waals surface area (Å²) < 4.78 is 6.02. The number of hydrogen-bond acceptors (Lipinski definition) is 3. The molecule has 1 heterocycles. The number of allylic oxidation sites excluding steroid dienone is 5.